The zero-order chi connectivity index (χ0) is 18.1. The fourth-order valence-corrected chi connectivity index (χ4v) is 2.99. The van der Waals surface area contributed by atoms with Crippen LogP contribution in [0.5, 0.6) is 0 Å². The van der Waals surface area contributed by atoms with Crippen molar-refractivity contribution in [1.29, 1.82) is 0 Å². The lowest BCUT2D eigenvalue weighted by Gasteiger charge is -2.16. The first-order valence-electron chi connectivity index (χ1n) is 8.24. The minimum Gasteiger partial charge on any atom is -0.363 e. The van der Waals surface area contributed by atoms with Gasteiger partial charge in [0.05, 0.1) is 0 Å². The van der Waals surface area contributed by atoms with Gasteiger partial charge in [0.25, 0.3) is 0 Å². The maximum atomic E-state index is 11.8. The number of hydrogen-bond acceptors (Lipinski definition) is 6. The van der Waals surface area contributed by atoms with Gasteiger partial charge in [-0.3, -0.25) is 4.79 Å². The molecule has 1 aromatic carbocycles. The van der Waals surface area contributed by atoms with Crippen molar-refractivity contribution in [3.05, 3.63) is 58.3 Å². The van der Waals surface area contributed by atoms with E-state index >= 15 is 0 Å². The Hall–Kier alpha value is -3.49. The number of nitrogens with zero attached hydrogens (tertiary/aromatic N) is 5. The Morgan fingerprint density at radius 3 is 2.69 bits per heavy atom. The lowest BCUT2D eigenvalue weighted by molar-refractivity contribution is -0.391. The minimum absolute atomic E-state index is 0.162. The normalized spacial score (nSPS) is 14.2. The van der Waals surface area contributed by atoms with E-state index < -0.39 is 4.92 Å². The average Bonchev–Trinajstić information content (AvgIpc) is 3.26. The largest absolute Gasteiger partial charge is 0.368 e. The maximum absolute atomic E-state index is 11.8. The Labute approximate surface area is 148 Å². The number of carbonyl (C=O) groups excluding carboxylic acids is 1. The second-order valence-electron chi connectivity index (χ2n) is 6.03. The fraction of sp³-hybridized carbons (Fsp3) is 0.235. The summed E-state index contributed by atoms with van der Waals surface area (Å²) in [5.41, 5.74) is 2.34. The molecule has 0 unspecified atom stereocenters. The SMILES string of the molecule is O=C1CCCN1c1ccc(CNc2ccc3ncc([N+](=O)[O-])n3n2)cc1. The van der Waals surface area contributed by atoms with Gasteiger partial charge < -0.3 is 20.3 Å². The molecule has 2 aromatic heterocycles. The van der Waals surface area contributed by atoms with Crippen LogP contribution in [-0.4, -0.2) is 32.0 Å². The number of nitrogens with one attached hydrogen (secondary N) is 1. The summed E-state index contributed by atoms with van der Waals surface area (Å²) < 4.78 is 1.20. The molecular formula is C17H16N6O3. The summed E-state index contributed by atoms with van der Waals surface area (Å²) >= 11 is 0. The smallest absolute Gasteiger partial charge is 0.363 e. The van der Waals surface area contributed by atoms with Crippen molar-refractivity contribution in [3.63, 3.8) is 0 Å². The number of anilines is 2. The molecule has 1 fully saturated rings. The third-order valence-corrected chi connectivity index (χ3v) is 4.33. The lowest BCUT2D eigenvalue weighted by Crippen LogP contribution is -2.23. The molecule has 9 nitrogen and oxygen atoms in total. The van der Waals surface area contributed by atoms with Crippen LogP contribution >= 0.6 is 0 Å². The second kappa shape index (κ2) is 6.43. The van der Waals surface area contributed by atoms with Crippen LogP contribution in [0.2, 0.25) is 0 Å². The van der Waals surface area contributed by atoms with Gasteiger partial charge in [-0.25, -0.2) is 4.98 Å². The molecule has 26 heavy (non-hydrogen) atoms. The summed E-state index contributed by atoms with van der Waals surface area (Å²) in [6.07, 6.45) is 2.69. The third-order valence-electron chi connectivity index (χ3n) is 4.33. The van der Waals surface area contributed by atoms with E-state index in [1.54, 1.807) is 17.0 Å². The molecule has 9 heteroatoms. The van der Waals surface area contributed by atoms with Crippen molar-refractivity contribution in [1.82, 2.24) is 14.6 Å². The highest BCUT2D eigenvalue weighted by Gasteiger charge is 2.21. The molecule has 3 aromatic rings. The third kappa shape index (κ3) is 2.94. The van der Waals surface area contributed by atoms with E-state index in [9.17, 15) is 14.9 Å². The Balaban J connectivity index is 1.47. The van der Waals surface area contributed by atoms with E-state index in [-0.39, 0.29) is 11.7 Å². The first-order valence-corrected chi connectivity index (χ1v) is 8.24. The van der Waals surface area contributed by atoms with E-state index in [4.69, 9.17) is 0 Å². The van der Waals surface area contributed by atoms with Crippen molar-refractivity contribution in [3.8, 4) is 0 Å². The topological polar surface area (TPSA) is 106 Å². The predicted molar refractivity (Wildman–Crippen MR) is 95.0 cm³/mol. The molecule has 0 spiro atoms. The summed E-state index contributed by atoms with van der Waals surface area (Å²) in [4.78, 5) is 28.0. The van der Waals surface area contributed by atoms with Crippen LogP contribution in [0.15, 0.2) is 42.6 Å². The molecule has 0 aliphatic carbocycles. The summed E-state index contributed by atoms with van der Waals surface area (Å²) in [6, 6.07) is 11.2. The van der Waals surface area contributed by atoms with E-state index in [0.29, 0.717) is 24.4 Å². The number of rotatable bonds is 5. The molecule has 1 aliphatic heterocycles. The van der Waals surface area contributed by atoms with E-state index in [1.165, 1.54) is 10.7 Å². The monoisotopic (exact) mass is 352 g/mol. The number of nitro groups is 1. The highest BCUT2D eigenvalue weighted by molar-refractivity contribution is 5.95. The minimum atomic E-state index is -0.519. The number of benzene rings is 1. The molecule has 0 radical (unpaired) electrons. The molecule has 0 bridgehead atoms. The van der Waals surface area contributed by atoms with Crippen molar-refractivity contribution in [2.45, 2.75) is 19.4 Å². The molecule has 132 valence electrons. The first-order chi connectivity index (χ1) is 12.6. The van der Waals surface area contributed by atoms with Crippen molar-refractivity contribution in [2.75, 3.05) is 16.8 Å². The highest BCUT2D eigenvalue weighted by Crippen LogP contribution is 2.22. The van der Waals surface area contributed by atoms with Gasteiger partial charge in [0.1, 0.15) is 6.20 Å². The summed E-state index contributed by atoms with van der Waals surface area (Å²) in [6.45, 7) is 1.28. The molecule has 0 saturated carbocycles. The van der Waals surface area contributed by atoms with Crippen LogP contribution in [0, 0.1) is 10.1 Å². The Kier molecular flexibility index (Phi) is 3.96. The summed E-state index contributed by atoms with van der Waals surface area (Å²) in [5.74, 6) is 0.496. The van der Waals surface area contributed by atoms with Crippen molar-refractivity contribution >= 4 is 28.9 Å². The molecule has 1 amide bonds. The standard InChI is InChI=1S/C17H16N6O3/c24-17-2-1-9-21(17)13-5-3-12(4-6-13)10-18-14-7-8-15-19-11-16(23(25)26)22(15)20-14/h3-8,11H,1-2,9-10H2,(H,18,20). The van der Waals surface area contributed by atoms with Crippen LogP contribution < -0.4 is 10.2 Å². The molecule has 1 saturated heterocycles. The second-order valence-corrected chi connectivity index (χ2v) is 6.03. The number of aromatic nitrogens is 3. The zero-order valence-corrected chi connectivity index (χ0v) is 13.8. The van der Waals surface area contributed by atoms with Crippen LogP contribution in [0.25, 0.3) is 5.65 Å². The highest BCUT2D eigenvalue weighted by atomic mass is 16.6. The van der Waals surface area contributed by atoms with E-state index in [0.717, 1.165) is 24.2 Å². The Bertz CT molecular complexity index is 982. The van der Waals surface area contributed by atoms with Gasteiger partial charge in [-0.15, -0.1) is 0 Å². The van der Waals surface area contributed by atoms with Gasteiger partial charge in [0.15, 0.2) is 5.82 Å². The van der Waals surface area contributed by atoms with Gasteiger partial charge in [-0.05, 0) is 35.1 Å². The summed E-state index contributed by atoms with van der Waals surface area (Å²) in [5, 5.41) is 18.3. The van der Waals surface area contributed by atoms with Crippen LogP contribution in [0.3, 0.4) is 0 Å². The van der Waals surface area contributed by atoms with Crippen molar-refractivity contribution < 1.29 is 9.72 Å². The Morgan fingerprint density at radius 1 is 1.19 bits per heavy atom. The first kappa shape index (κ1) is 16.0. The number of carbonyl (C=O) groups is 1. The fourth-order valence-electron chi connectivity index (χ4n) is 2.99. The van der Waals surface area contributed by atoms with E-state index in [1.807, 2.05) is 24.3 Å². The molecule has 3 heterocycles. The van der Waals surface area contributed by atoms with Crippen molar-refractivity contribution in [2.24, 2.45) is 0 Å². The molecular weight excluding hydrogens is 336 g/mol. The molecule has 0 atom stereocenters. The molecule has 1 N–H and O–H groups in total. The molecule has 1 aliphatic rings. The number of fused-ring (bicyclic) bond motifs is 1. The van der Waals surface area contributed by atoms with Gasteiger partial charge in [-0.2, -0.15) is 0 Å². The zero-order valence-electron chi connectivity index (χ0n) is 13.8. The van der Waals surface area contributed by atoms with Gasteiger partial charge in [0.2, 0.25) is 11.6 Å². The predicted octanol–water partition coefficient (Wildman–Crippen LogP) is 2.38. The van der Waals surface area contributed by atoms with E-state index in [2.05, 4.69) is 15.4 Å². The average molecular weight is 352 g/mol. The maximum Gasteiger partial charge on any atom is 0.368 e. The number of hydrogen-bond donors (Lipinski definition) is 1. The molecule has 4 rings (SSSR count). The number of amides is 1. The summed E-state index contributed by atoms with van der Waals surface area (Å²) in [7, 11) is 0. The number of imidazole rings is 1. The van der Waals surface area contributed by atoms with Gasteiger partial charge in [0, 0.05) is 31.3 Å². The van der Waals surface area contributed by atoms with Crippen LogP contribution in [0.1, 0.15) is 18.4 Å². The van der Waals surface area contributed by atoms with Crippen LogP contribution in [-0.2, 0) is 11.3 Å². The Morgan fingerprint density at radius 2 is 2.00 bits per heavy atom. The van der Waals surface area contributed by atoms with Crippen LogP contribution in [0.4, 0.5) is 17.3 Å². The lowest BCUT2D eigenvalue weighted by atomic mass is 10.2. The quantitative estimate of drug-likeness (QED) is 0.558. The van der Waals surface area contributed by atoms with Gasteiger partial charge >= 0.3 is 5.82 Å². The van der Waals surface area contributed by atoms with Gasteiger partial charge in [-0.1, -0.05) is 21.7 Å².